The second-order valence-corrected chi connectivity index (χ2v) is 10.3. The minimum Gasteiger partial charge on any atom is -0.492 e. The highest BCUT2D eigenvalue weighted by Crippen LogP contribution is 2.44. The average molecular weight is 528 g/mol. The van der Waals surface area contributed by atoms with Gasteiger partial charge in [-0.2, -0.15) is 18.3 Å². The third-order valence-electron chi connectivity index (χ3n) is 7.77. The average Bonchev–Trinajstić information content (AvgIpc) is 3.54. The minimum atomic E-state index is -4.44. The second kappa shape index (κ2) is 9.34. The summed E-state index contributed by atoms with van der Waals surface area (Å²) in [4.78, 5) is 13.2. The van der Waals surface area contributed by atoms with Crippen molar-refractivity contribution in [3.8, 4) is 11.5 Å². The molecule has 0 unspecified atom stereocenters. The van der Waals surface area contributed by atoms with Crippen molar-refractivity contribution in [3.63, 3.8) is 0 Å². The number of benzene rings is 2. The van der Waals surface area contributed by atoms with Gasteiger partial charge < -0.3 is 14.6 Å². The molecule has 0 saturated carbocycles. The van der Waals surface area contributed by atoms with Gasteiger partial charge in [0.15, 0.2) is 0 Å². The molecular weight excluding hydrogens is 499 g/mol. The Balaban J connectivity index is 1.25. The summed E-state index contributed by atoms with van der Waals surface area (Å²) < 4.78 is 56.0. The lowest BCUT2D eigenvalue weighted by atomic mass is 9.95. The smallest absolute Gasteiger partial charge is 0.416 e. The molecule has 0 radical (unpaired) electrons. The molecule has 0 fully saturated rings. The van der Waals surface area contributed by atoms with E-state index >= 15 is 0 Å². The van der Waals surface area contributed by atoms with Crippen molar-refractivity contribution < 1.29 is 32.5 Å². The predicted octanol–water partition coefficient (Wildman–Crippen LogP) is 5.01. The van der Waals surface area contributed by atoms with E-state index in [-0.39, 0.29) is 25.0 Å². The highest BCUT2D eigenvalue weighted by atomic mass is 19.4. The summed E-state index contributed by atoms with van der Waals surface area (Å²) in [5.41, 5.74) is 4.18. The molecule has 2 aromatic carbocycles. The van der Waals surface area contributed by atoms with Gasteiger partial charge in [-0.15, -0.1) is 0 Å². The summed E-state index contributed by atoms with van der Waals surface area (Å²) >= 11 is 0. The summed E-state index contributed by atoms with van der Waals surface area (Å²) in [5.74, 6) is 0.0672. The molecule has 6 rings (SSSR count). The number of alkyl halides is 3. The summed E-state index contributed by atoms with van der Waals surface area (Å²) in [6.07, 6.45) is -1.08. The lowest BCUT2D eigenvalue weighted by molar-refractivity contribution is -0.139. The highest BCUT2D eigenvalue weighted by Gasteiger charge is 2.38. The van der Waals surface area contributed by atoms with E-state index in [4.69, 9.17) is 14.6 Å². The van der Waals surface area contributed by atoms with Crippen LogP contribution in [0.15, 0.2) is 36.5 Å². The summed E-state index contributed by atoms with van der Waals surface area (Å²) in [6.45, 7) is 1.75. The van der Waals surface area contributed by atoms with Gasteiger partial charge in [0.25, 0.3) is 0 Å². The standard InChI is InChI=1S/C28H28F3N3O4/c1-33-12-17-13-34(9-8-24(17)32-33)14-22-20-5-7-25(21(20)4-6-23(22)28(29,30)31)38-18-2-3-19-16(10-27(35)36)15-37-26(19)11-18/h2-4,6,11-12,16,25H,5,7-10,13-15H2,1H3,(H,35,36)/t16-,25-/m1/s1. The number of hydrogen-bond acceptors (Lipinski definition) is 5. The van der Waals surface area contributed by atoms with E-state index in [9.17, 15) is 18.0 Å². The van der Waals surface area contributed by atoms with E-state index in [1.54, 1.807) is 22.9 Å². The Morgan fingerprint density at radius 2 is 2.03 bits per heavy atom. The van der Waals surface area contributed by atoms with Crippen LogP contribution in [0, 0.1) is 0 Å². The van der Waals surface area contributed by atoms with Crippen LogP contribution < -0.4 is 9.47 Å². The maximum absolute atomic E-state index is 14.1. The van der Waals surface area contributed by atoms with Crippen molar-refractivity contribution in [2.75, 3.05) is 13.2 Å². The maximum atomic E-state index is 14.1. The normalized spacial score (nSPS) is 20.5. The number of hydrogen-bond donors (Lipinski definition) is 1. The topological polar surface area (TPSA) is 76.8 Å². The van der Waals surface area contributed by atoms with E-state index in [0.29, 0.717) is 56.0 Å². The Morgan fingerprint density at radius 1 is 1.21 bits per heavy atom. The van der Waals surface area contributed by atoms with Crippen LogP contribution in [0.1, 0.15) is 63.9 Å². The molecule has 0 saturated heterocycles. The van der Waals surface area contributed by atoms with Gasteiger partial charge in [-0.3, -0.25) is 14.4 Å². The van der Waals surface area contributed by atoms with E-state index in [0.717, 1.165) is 27.9 Å². The van der Waals surface area contributed by atoms with Gasteiger partial charge in [-0.05, 0) is 41.7 Å². The van der Waals surface area contributed by atoms with E-state index in [1.165, 1.54) is 6.07 Å². The van der Waals surface area contributed by atoms with Crippen molar-refractivity contribution in [2.24, 2.45) is 7.05 Å². The number of ether oxygens (including phenoxy) is 2. The zero-order valence-electron chi connectivity index (χ0n) is 20.9. The summed E-state index contributed by atoms with van der Waals surface area (Å²) in [5, 5.41) is 13.6. The minimum absolute atomic E-state index is 0.00731. The van der Waals surface area contributed by atoms with Gasteiger partial charge in [-0.25, -0.2) is 0 Å². The van der Waals surface area contributed by atoms with Crippen LogP contribution in [0.3, 0.4) is 0 Å². The maximum Gasteiger partial charge on any atom is 0.416 e. The molecule has 1 aliphatic carbocycles. The second-order valence-electron chi connectivity index (χ2n) is 10.3. The van der Waals surface area contributed by atoms with Crippen LogP contribution in [0.25, 0.3) is 0 Å². The van der Waals surface area contributed by atoms with Gasteiger partial charge >= 0.3 is 12.1 Å². The number of fused-ring (bicyclic) bond motifs is 3. The van der Waals surface area contributed by atoms with Gasteiger partial charge in [0.2, 0.25) is 0 Å². The van der Waals surface area contributed by atoms with Gasteiger partial charge in [0.1, 0.15) is 17.6 Å². The van der Waals surface area contributed by atoms with E-state index in [2.05, 4.69) is 10.00 Å². The van der Waals surface area contributed by atoms with Crippen LogP contribution in [0.5, 0.6) is 11.5 Å². The molecule has 1 N–H and O–H groups in total. The zero-order chi connectivity index (χ0) is 26.6. The number of carboxylic acids is 1. The lowest BCUT2D eigenvalue weighted by Crippen LogP contribution is -2.31. The molecule has 2 atom stereocenters. The fourth-order valence-corrected chi connectivity index (χ4v) is 6.05. The number of aryl methyl sites for hydroxylation is 1. The van der Waals surface area contributed by atoms with E-state index < -0.39 is 17.7 Å². The van der Waals surface area contributed by atoms with Crippen LogP contribution >= 0.6 is 0 Å². The zero-order valence-corrected chi connectivity index (χ0v) is 20.9. The predicted molar refractivity (Wildman–Crippen MR) is 131 cm³/mol. The first-order valence-electron chi connectivity index (χ1n) is 12.8. The molecule has 7 nitrogen and oxygen atoms in total. The van der Waals surface area contributed by atoms with Crippen LogP contribution in [-0.4, -0.2) is 38.9 Å². The number of carboxylic acid groups (broad SMARTS) is 1. The first-order chi connectivity index (χ1) is 18.2. The van der Waals surface area contributed by atoms with Crippen LogP contribution in [0.4, 0.5) is 13.2 Å². The monoisotopic (exact) mass is 527 g/mol. The van der Waals surface area contributed by atoms with Gasteiger partial charge in [0, 0.05) is 62.4 Å². The third kappa shape index (κ3) is 4.62. The Bertz CT molecular complexity index is 1400. The van der Waals surface area contributed by atoms with Crippen molar-refractivity contribution >= 4 is 5.97 Å². The molecular formula is C28H28F3N3O4. The fraction of sp³-hybridized carbons (Fsp3) is 0.429. The van der Waals surface area contributed by atoms with Crippen LogP contribution in [0.2, 0.25) is 0 Å². The fourth-order valence-electron chi connectivity index (χ4n) is 6.05. The Kier molecular flexibility index (Phi) is 6.09. The van der Waals surface area contributed by atoms with Gasteiger partial charge in [-0.1, -0.05) is 12.1 Å². The summed E-state index contributed by atoms with van der Waals surface area (Å²) in [6, 6.07) is 8.10. The molecule has 200 valence electrons. The molecule has 3 aromatic rings. The number of aromatic nitrogens is 2. The Labute approximate surface area is 217 Å². The number of rotatable bonds is 6. The summed E-state index contributed by atoms with van der Waals surface area (Å²) in [7, 11) is 1.86. The largest absolute Gasteiger partial charge is 0.492 e. The number of carbonyl (C=O) groups is 1. The SMILES string of the molecule is Cn1cc2c(n1)CCN(Cc1c(C(F)(F)F)ccc3c1CC[C@H]3Oc1ccc3c(c1)OC[C@H]3CC(=O)O)C2. The molecule has 3 aliphatic rings. The molecule has 0 spiro atoms. The molecule has 1 aromatic heterocycles. The third-order valence-corrected chi connectivity index (χ3v) is 7.77. The number of nitrogens with zero attached hydrogens (tertiary/aromatic N) is 3. The van der Waals surface area contributed by atoms with Gasteiger partial charge in [0.05, 0.1) is 24.3 Å². The number of halogens is 3. The molecule has 10 heteroatoms. The Hall–Kier alpha value is -3.53. The highest BCUT2D eigenvalue weighted by molar-refractivity contribution is 5.68. The van der Waals surface area contributed by atoms with E-state index in [1.807, 2.05) is 19.3 Å². The quantitative estimate of drug-likeness (QED) is 0.486. The first kappa shape index (κ1) is 24.8. The molecule has 2 aliphatic heterocycles. The van der Waals surface area contributed by atoms with Crippen molar-refractivity contribution in [1.29, 1.82) is 0 Å². The van der Waals surface area contributed by atoms with Crippen LogP contribution in [-0.2, 0) is 43.9 Å². The van der Waals surface area contributed by atoms with Crippen molar-refractivity contribution in [2.45, 2.75) is 57.0 Å². The molecule has 3 heterocycles. The Morgan fingerprint density at radius 3 is 2.82 bits per heavy atom. The lowest BCUT2D eigenvalue weighted by Gasteiger charge is -2.28. The van der Waals surface area contributed by atoms with Crippen molar-refractivity contribution in [1.82, 2.24) is 14.7 Å². The molecule has 38 heavy (non-hydrogen) atoms. The molecule has 0 amide bonds. The first-order valence-corrected chi connectivity index (χ1v) is 12.8. The molecule has 0 bridgehead atoms. The van der Waals surface area contributed by atoms with Crippen molar-refractivity contribution in [3.05, 3.63) is 75.6 Å². The number of aliphatic carboxylic acids is 1.